The Balaban J connectivity index is 4.06. The van der Waals surface area contributed by atoms with Crippen molar-refractivity contribution in [2.24, 2.45) is 0 Å². The Morgan fingerprint density at radius 2 is 1.60 bits per heavy atom. The Morgan fingerprint density at radius 3 is 1.70 bits per heavy atom. The Kier molecular flexibility index (Phi) is 2.88. The molecule has 0 fully saturated rings. The van der Waals surface area contributed by atoms with Gasteiger partial charge in [-0.15, -0.1) is 0 Å². The summed E-state index contributed by atoms with van der Waals surface area (Å²) >= 11 is 0. The molecular formula is C8H19N2+. The molecule has 10 heavy (non-hydrogen) atoms. The van der Waals surface area contributed by atoms with E-state index >= 15 is 0 Å². The Morgan fingerprint density at radius 1 is 1.20 bits per heavy atom. The van der Waals surface area contributed by atoms with E-state index in [9.17, 15) is 0 Å². The molecule has 0 unspecified atom stereocenters. The van der Waals surface area contributed by atoms with E-state index in [2.05, 4.69) is 37.6 Å². The summed E-state index contributed by atoms with van der Waals surface area (Å²) in [6.45, 7) is 8.53. The van der Waals surface area contributed by atoms with E-state index in [1.54, 1.807) is 0 Å². The number of amidine groups is 1. The van der Waals surface area contributed by atoms with Crippen LogP contribution >= 0.6 is 0 Å². The molecule has 1 N–H and O–H groups in total. The fourth-order valence-electron chi connectivity index (χ4n) is 0.655. The van der Waals surface area contributed by atoms with Gasteiger partial charge in [0.25, 0.3) is 0 Å². The van der Waals surface area contributed by atoms with Gasteiger partial charge in [-0.05, 0) is 20.8 Å². The minimum absolute atomic E-state index is 0.175. The molecule has 0 bridgehead atoms. The molecule has 0 saturated carbocycles. The normalized spacial score (nSPS) is 11.0. The molecule has 0 aromatic carbocycles. The molecule has 0 atom stereocenters. The van der Waals surface area contributed by atoms with Crippen molar-refractivity contribution in [1.29, 1.82) is 0 Å². The highest BCUT2D eigenvalue weighted by Gasteiger charge is 2.15. The molecule has 2 heteroatoms. The zero-order valence-electron chi connectivity index (χ0n) is 7.95. The lowest BCUT2D eigenvalue weighted by molar-refractivity contribution is -0.467. The zero-order chi connectivity index (χ0) is 8.36. The van der Waals surface area contributed by atoms with Crippen molar-refractivity contribution in [2.75, 3.05) is 14.1 Å². The first-order chi connectivity index (χ1) is 4.33. The standard InChI is InChI=1S/C8H18N2/c1-7(10(5)6)9-8(2,3)4/h1-6H3/p+1. The van der Waals surface area contributed by atoms with Crippen LogP contribution < -0.4 is 5.32 Å². The maximum Gasteiger partial charge on any atom is 0.241 e. The van der Waals surface area contributed by atoms with Crippen LogP contribution in [0.5, 0.6) is 0 Å². The molecule has 0 aliphatic carbocycles. The third kappa shape index (κ3) is 4.36. The zero-order valence-corrected chi connectivity index (χ0v) is 7.95. The SMILES string of the molecule is CC(NC(C)(C)C)=[N+](C)C. The van der Waals surface area contributed by atoms with Crippen LogP contribution in [0.2, 0.25) is 0 Å². The van der Waals surface area contributed by atoms with E-state index in [0.717, 1.165) is 0 Å². The van der Waals surface area contributed by atoms with Gasteiger partial charge in [-0.1, -0.05) is 0 Å². The monoisotopic (exact) mass is 143 g/mol. The minimum Gasteiger partial charge on any atom is -0.274 e. The second-order valence-corrected chi connectivity index (χ2v) is 3.85. The number of nitrogens with one attached hydrogen (secondary N) is 1. The summed E-state index contributed by atoms with van der Waals surface area (Å²) in [5.74, 6) is 1.20. The van der Waals surface area contributed by atoms with Crippen LogP contribution in [0, 0.1) is 0 Å². The second-order valence-electron chi connectivity index (χ2n) is 3.85. The smallest absolute Gasteiger partial charge is 0.241 e. The van der Waals surface area contributed by atoms with Crippen molar-refractivity contribution in [3.05, 3.63) is 0 Å². The van der Waals surface area contributed by atoms with E-state index < -0.39 is 0 Å². The van der Waals surface area contributed by atoms with E-state index in [4.69, 9.17) is 0 Å². The first-order valence-corrected chi connectivity index (χ1v) is 3.62. The van der Waals surface area contributed by atoms with Crippen LogP contribution in [-0.4, -0.2) is 30.0 Å². The lowest BCUT2D eigenvalue weighted by Gasteiger charge is -2.15. The van der Waals surface area contributed by atoms with E-state index in [-0.39, 0.29) is 5.54 Å². The maximum absolute atomic E-state index is 3.36. The fourth-order valence-corrected chi connectivity index (χ4v) is 0.655. The highest BCUT2D eigenvalue weighted by atomic mass is 15.1. The van der Waals surface area contributed by atoms with Crippen LogP contribution in [0.25, 0.3) is 0 Å². The quantitative estimate of drug-likeness (QED) is 0.304. The average molecular weight is 143 g/mol. The van der Waals surface area contributed by atoms with E-state index in [1.807, 2.05) is 14.1 Å². The van der Waals surface area contributed by atoms with Crippen LogP contribution in [0.15, 0.2) is 0 Å². The Bertz CT molecular complexity index is 136. The summed E-state index contributed by atoms with van der Waals surface area (Å²) in [4.78, 5) is 0. The highest BCUT2D eigenvalue weighted by molar-refractivity contribution is 5.74. The van der Waals surface area contributed by atoms with Crippen molar-refractivity contribution >= 4 is 5.84 Å². The molecule has 0 amide bonds. The fraction of sp³-hybridized carbons (Fsp3) is 0.875. The van der Waals surface area contributed by atoms with Crippen molar-refractivity contribution in [3.8, 4) is 0 Å². The topological polar surface area (TPSA) is 15.0 Å². The van der Waals surface area contributed by atoms with Gasteiger partial charge in [0.15, 0.2) is 0 Å². The van der Waals surface area contributed by atoms with Gasteiger partial charge in [0, 0.05) is 6.92 Å². The van der Waals surface area contributed by atoms with E-state index in [1.165, 1.54) is 5.84 Å². The summed E-state index contributed by atoms with van der Waals surface area (Å²) in [7, 11) is 4.07. The Hall–Kier alpha value is -0.530. The molecule has 0 radical (unpaired) electrons. The van der Waals surface area contributed by atoms with Gasteiger partial charge in [0.05, 0.1) is 19.6 Å². The molecule has 0 spiro atoms. The second kappa shape index (κ2) is 3.04. The van der Waals surface area contributed by atoms with Gasteiger partial charge in [-0.25, -0.2) is 0 Å². The molecule has 0 aliphatic rings. The minimum atomic E-state index is 0.175. The van der Waals surface area contributed by atoms with Crippen LogP contribution in [0.3, 0.4) is 0 Å². The van der Waals surface area contributed by atoms with Gasteiger partial charge in [-0.3, -0.25) is 9.89 Å². The maximum atomic E-state index is 3.36. The first-order valence-electron chi connectivity index (χ1n) is 3.62. The largest absolute Gasteiger partial charge is 0.274 e. The number of nitrogens with zero attached hydrogens (tertiary/aromatic N) is 1. The van der Waals surface area contributed by atoms with Crippen molar-refractivity contribution in [1.82, 2.24) is 5.32 Å². The number of hydrogen-bond donors (Lipinski definition) is 1. The predicted octanol–water partition coefficient (Wildman–Crippen LogP) is 1.06. The van der Waals surface area contributed by atoms with Crippen molar-refractivity contribution < 1.29 is 4.58 Å². The average Bonchev–Trinajstić information content (AvgIpc) is 1.60. The Labute approximate surface area is 63.9 Å². The summed E-state index contributed by atoms with van der Waals surface area (Å²) in [5, 5.41) is 3.36. The van der Waals surface area contributed by atoms with Gasteiger partial charge in [0.2, 0.25) is 5.84 Å². The van der Waals surface area contributed by atoms with Crippen LogP contribution in [-0.2, 0) is 0 Å². The molecule has 0 aliphatic heterocycles. The number of hydrogen-bond acceptors (Lipinski definition) is 0. The first kappa shape index (κ1) is 9.47. The molecule has 0 saturated heterocycles. The summed E-state index contributed by atoms with van der Waals surface area (Å²) in [6, 6.07) is 0. The molecule has 0 rings (SSSR count). The lowest BCUT2D eigenvalue weighted by atomic mass is 10.1. The van der Waals surface area contributed by atoms with E-state index in [0.29, 0.717) is 0 Å². The number of rotatable bonds is 0. The molecule has 0 aromatic rings. The highest BCUT2D eigenvalue weighted by Crippen LogP contribution is 1.97. The van der Waals surface area contributed by atoms with Gasteiger partial charge < -0.3 is 0 Å². The van der Waals surface area contributed by atoms with Crippen LogP contribution in [0.4, 0.5) is 0 Å². The van der Waals surface area contributed by atoms with Crippen molar-refractivity contribution in [2.45, 2.75) is 33.2 Å². The van der Waals surface area contributed by atoms with Crippen LogP contribution in [0.1, 0.15) is 27.7 Å². The third-order valence-corrected chi connectivity index (χ3v) is 1.23. The van der Waals surface area contributed by atoms with Gasteiger partial charge in [-0.2, -0.15) is 0 Å². The van der Waals surface area contributed by atoms with Crippen molar-refractivity contribution in [3.63, 3.8) is 0 Å². The van der Waals surface area contributed by atoms with Gasteiger partial charge >= 0.3 is 0 Å². The molecule has 2 nitrogen and oxygen atoms in total. The molecule has 60 valence electrons. The lowest BCUT2D eigenvalue weighted by Crippen LogP contribution is -2.42. The summed E-state index contributed by atoms with van der Waals surface area (Å²) in [6.07, 6.45) is 0. The molecule has 0 aromatic heterocycles. The third-order valence-electron chi connectivity index (χ3n) is 1.23. The predicted molar refractivity (Wildman–Crippen MR) is 45.7 cm³/mol. The molecule has 0 heterocycles. The summed E-state index contributed by atoms with van der Waals surface area (Å²) in [5.41, 5.74) is 0.175. The molecular weight excluding hydrogens is 124 g/mol. The summed E-state index contributed by atoms with van der Waals surface area (Å²) < 4.78 is 2.07. The van der Waals surface area contributed by atoms with Gasteiger partial charge in [0.1, 0.15) is 0 Å².